The molecule has 2 aromatic carbocycles. The van der Waals surface area contributed by atoms with Crippen molar-refractivity contribution in [3.63, 3.8) is 0 Å². The zero-order chi connectivity index (χ0) is 25.3. The molecule has 1 unspecified atom stereocenters. The maximum Gasteiger partial charge on any atom is 0.260 e. The molecule has 6 nitrogen and oxygen atoms in total. The molecule has 1 aliphatic carbocycles. The summed E-state index contributed by atoms with van der Waals surface area (Å²) in [4.78, 5) is 14.9. The van der Waals surface area contributed by atoms with Gasteiger partial charge in [0, 0.05) is 18.7 Å². The number of phenols is 3. The number of rotatable bonds is 8. The van der Waals surface area contributed by atoms with E-state index in [0.29, 0.717) is 16.7 Å². The summed E-state index contributed by atoms with van der Waals surface area (Å²) in [5.41, 5.74) is 4.27. The molecule has 0 saturated heterocycles. The van der Waals surface area contributed by atoms with Gasteiger partial charge in [-0.05, 0) is 69.4 Å². The van der Waals surface area contributed by atoms with E-state index in [-0.39, 0.29) is 41.1 Å². The van der Waals surface area contributed by atoms with Crippen LogP contribution >= 0.6 is 0 Å². The van der Waals surface area contributed by atoms with E-state index in [9.17, 15) is 20.1 Å². The molecule has 1 fully saturated rings. The van der Waals surface area contributed by atoms with Gasteiger partial charge < -0.3 is 25.5 Å². The maximum atomic E-state index is 13.4. The van der Waals surface area contributed by atoms with Crippen LogP contribution in [0.1, 0.15) is 70.2 Å². The Labute approximate surface area is 207 Å². The topological polar surface area (TPSA) is 93.0 Å². The quantitative estimate of drug-likeness (QED) is 0.187. The summed E-state index contributed by atoms with van der Waals surface area (Å²) in [7, 11) is 0. The summed E-state index contributed by atoms with van der Waals surface area (Å²) in [6, 6.07) is 7.38. The van der Waals surface area contributed by atoms with E-state index in [1.54, 1.807) is 12.1 Å². The first-order valence-corrected chi connectivity index (χ1v) is 12.3. The van der Waals surface area contributed by atoms with Crippen LogP contribution in [0.3, 0.4) is 0 Å². The van der Waals surface area contributed by atoms with Crippen molar-refractivity contribution in [1.29, 1.82) is 0 Å². The van der Waals surface area contributed by atoms with Gasteiger partial charge >= 0.3 is 0 Å². The van der Waals surface area contributed by atoms with E-state index in [1.165, 1.54) is 41.5 Å². The van der Waals surface area contributed by atoms with Crippen molar-refractivity contribution in [2.75, 3.05) is 16.8 Å². The Hall–Kier alpha value is -3.41. The van der Waals surface area contributed by atoms with Gasteiger partial charge in [-0.15, -0.1) is 0 Å². The van der Waals surface area contributed by atoms with E-state index < -0.39 is 0 Å². The third-order valence-electron chi connectivity index (χ3n) is 7.40. The molecule has 6 heteroatoms. The van der Waals surface area contributed by atoms with Gasteiger partial charge in [-0.1, -0.05) is 43.2 Å². The molecule has 186 valence electrons. The van der Waals surface area contributed by atoms with Crippen LogP contribution in [0.2, 0.25) is 0 Å². The number of amides is 1. The zero-order valence-corrected chi connectivity index (χ0v) is 21.1. The number of fused-ring (bicyclic) bond motifs is 2. The highest BCUT2D eigenvalue weighted by molar-refractivity contribution is 6.15. The minimum atomic E-state index is -0.324. The minimum absolute atomic E-state index is 0.0877. The highest BCUT2D eigenvalue weighted by Crippen LogP contribution is 2.54. The summed E-state index contributed by atoms with van der Waals surface area (Å²) >= 11 is 0. The molecular weight excluding hydrogens is 440 g/mol. The molecule has 0 bridgehead atoms. The molecule has 4 N–H and O–H groups in total. The summed E-state index contributed by atoms with van der Waals surface area (Å²) < 4.78 is 0. The van der Waals surface area contributed by atoms with Crippen LogP contribution < -0.4 is 10.2 Å². The number of carbonyl (C=O) groups is 1. The fourth-order valence-electron chi connectivity index (χ4n) is 4.82. The Bertz CT molecular complexity index is 1200. The van der Waals surface area contributed by atoms with Crippen LogP contribution in [0.4, 0.5) is 17.1 Å². The van der Waals surface area contributed by atoms with Crippen molar-refractivity contribution in [3.05, 3.63) is 59.2 Å². The van der Waals surface area contributed by atoms with Crippen LogP contribution in [0.5, 0.6) is 17.2 Å². The van der Waals surface area contributed by atoms with E-state index >= 15 is 0 Å². The standard InChI is InChI=1S/C29H36N2O4/c1-18(11-12-20-17-29(20,3)4)7-5-8-19(2)13-14-31-23-15-21(32)16-25(34)27(23)30-26-22(28(31)35)9-6-10-24(26)33/h6-7,9-10,13,15-16,20,30,32-34H,5,8,11-12,14,17H2,1-4H3/b18-7+,19-13+. The molecule has 1 aliphatic heterocycles. The van der Waals surface area contributed by atoms with Gasteiger partial charge in [0.05, 0.1) is 16.9 Å². The number of benzene rings is 2. The number of aromatic hydroxyl groups is 3. The fraction of sp³-hybridized carbons (Fsp3) is 0.414. The van der Waals surface area contributed by atoms with E-state index in [2.05, 4.69) is 39.1 Å². The lowest BCUT2D eigenvalue weighted by molar-refractivity contribution is 0.0991. The van der Waals surface area contributed by atoms with Crippen LogP contribution in [0, 0.1) is 11.3 Å². The SMILES string of the molecule is C/C(=C\CN1C(=O)c2cccc(O)c2Nc2c(O)cc(O)cc21)CC/C=C(\C)CCC1CC1(C)C. The molecular formula is C29H36N2O4. The van der Waals surface area contributed by atoms with Crippen LogP contribution in [0.25, 0.3) is 0 Å². The molecule has 4 rings (SSSR count). The lowest BCUT2D eigenvalue weighted by Crippen LogP contribution is -2.30. The number of anilines is 3. The fourth-order valence-corrected chi connectivity index (χ4v) is 4.82. The number of hydrogen-bond acceptors (Lipinski definition) is 5. The average Bonchev–Trinajstić information content (AvgIpc) is 3.43. The smallest absolute Gasteiger partial charge is 0.260 e. The van der Waals surface area contributed by atoms with Gasteiger partial charge in [-0.3, -0.25) is 4.79 Å². The minimum Gasteiger partial charge on any atom is -0.508 e. The molecule has 1 atom stereocenters. The van der Waals surface area contributed by atoms with Crippen molar-refractivity contribution in [2.45, 2.75) is 59.8 Å². The van der Waals surface area contributed by atoms with Gasteiger partial charge in [0.25, 0.3) is 5.91 Å². The second-order valence-corrected chi connectivity index (χ2v) is 10.7. The molecule has 2 aliphatic rings. The largest absolute Gasteiger partial charge is 0.508 e. The predicted molar refractivity (Wildman–Crippen MR) is 141 cm³/mol. The van der Waals surface area contributed by atoms with Gasteiger partial charge in [-0.2, -0.15) is 0 Å². The average molecular weight is 477 g/mol. The molecule has 0 aromatic heterocycles. The predicted octanol–water partition coefficient (Wildman–Crippen LogP) is 7.01. The van der Waals surface area contributed by atoms with Crippen LogP contribution in [-0.4, -0.2) is 27.8 Å². The first kappa shape index (κ1) is 24.7. The Morgan fingerprint density at radius 2 is 1.77 bits per heavy atom. The number of phenolic OH excluding ortho intramolecular Hbond substituents is 3. The first-order valence-electron chi connectivity index (χ1n) is 12.3. The molecule has 0 spiro atoms. The summed E-state index contributed by atoms with van der Waals surface area (Å²) in [6.07, 6.45) is 9.93. The van der Waals surface area contributed by atoms with Crippen molar-refractivity contribution in [3.8, 4) is 17.2 Å². The van der Waals surface area contributed by atoms with E-state index in [0.717, 1.165) is 30.8 Å². The number of para-hydroxylation sites is 1. The third kappa shape index (κ3) is 5.47. The molecule has 35 heavy (non-hydrogen) atoms. The Morgan fingerprint density at radius 1 is 1.06 bits per heavy atom. The number of nitrogens with zero attached hydrogens (tertiary/aromatic N) is 1. The maximum absolute atomic E-state index is 13.4. The second kappa shape index (κ2) is 9.68. The monoisotopic (exact) mass is 476 g/mol. The Kier molecular flexibility index (Phi) is 6.84. The van der Waals surface area contributed by atoms with Crippen molar-refractivity contribution < 1.29 is 20.1 Å². The zero-order valence-electron chi connectivity index (χ0n) is 21.1. The molecule has 1 heterocycles. The van der Waals surface area contributed by atoms with E-state index in [4.69, 9.17) is 0 Å². The summed E-state index contributed by atoms with van der Waals surface area (Å²) in [6.45, 7) is 9.23. The third-order valence-corrected chi connectivity index (χ3v) is 7.40. The molecule has 2 aromatic rings. The number of nitrogens with one attached hydrogen (secondary N) is 1. The van der Waals surface area contributed by atoms with Gasteiger partial charge in [-0.25, -0.2) is 0 Å². The van der Waals surface area contributed by atoms with Gasteiger partial charge in [0.2, 0.25) is 0 Å². The van der Waals surface area contributed by atoms with Gasteiger partial charge in [0.1, 0.15) is 22.9 Å². The Balaban J connectivity index is 1.47. The second-order valence-electron chi connectivity index (χ2n) is 10.7. The lowest BCUT2D eigenvalue weighted by atomic mass is 10.0. The molecule has 0 radical (unpaired) electrons. The number of carbonyl (C=O) groups excluding carboxylic acids is 1. The highest BCUT2D eigenvalue weighted by atomic mass is 16.3. The van der Waals surface area contributed by atoms with Crippen molar-refractivity contribution in [2.24, 2.45) is 11.3 Å². The van der Waals surface area contributed by atoms with E-state index in [1.807, 2.05) is 6.08 Å². The normalized spacial score (nSPS) is 19.0. The number of allylic oxidation sites excluding steroid dienone is 3. The lowest BCUT2D eigenvalue weighted by Gasteiger charge is -2.22. The van der Waals surface area contributed by atoms with Crippen LogP contribution in [0.15, 0.2) is 53.6 Å². The first-order chi connectivity index (χ1) is 16.6. The van der Waals surface area contributed by atoms with Crippen LogP contribution in [-0.2, 0) is 0 Å². The Morgan fingerprint density at radius 3 is 2.49 bits per heavy atom. The summed E-state index contributed by atoms with van der Waals surface area (Å²) in [5, 5.41) is 33.9. The van der Waals surface area contributed by atoms with Gasteiger partial charge in [0.15, 0.2) is 0 Å². The highest BCUT2D eigenvalue weighted by Gasteiger charge is 2.44. The molecule has 1 amide bonds. The van der Waals surface area contributed by atoms with Crippen molar-refractivity contribution >= 4 is 23.0 Å². The number of hydrogen-bond donors (Lipinski definition) is 4. The molecule has 1 saturated carbocycles. The summed E-state index contributed by atoms with van der Waals surface area (Å²) in [5.74, 6) is 0.101. The van der Waals surface area contributed by atoms with Crippen molar-refractivity contribution in [1.82, 2.24) is 0 Å².